The number of nitrogens with zero attached hydrogens (tertiary/aromatic N) is 2. The van der Waals surface area contributed by atoms with Gasteiger partial charge in [-0.05, 0) is 39.3 Å². The number of benzene rings is 1. The van der Waals surface area contributed by atoms with Crippen LogP contribution >= 0.6 is 11.6 Å². The van der Waals surface area contributed by atoms with E-state index >= 15 is 0 Å². The quantitative estimate of drug-likeness (QED) is 0.789. The lowest BCUT2D eigenvalue weighted by atomic mass is 10.1. The summed E-state index contributed by atoms with van der Waals surface area (Å²) < 4.78 is 10.7. The van der Waals surface area contributed by atoms with Crippen molar-refractivity contribution in [1.29, 1.82) is 0 Å². The van der Waals surface area contributed by atoms with E-state index < -0.39 is 0 Å². The molecule has 1 saturated heterocycles. The summed E-state index contributed by atoms with van der Waals surface area (Å²) in [5, 5.41) is 0.425. The molecule has 2 aliphatic heterocycles. The number of hydrogen-bond acceptors (Lipinski definition) is 4. The van der Waals surface area contributed by atoms with Crippen LogP contribution in [0.3, 0.4) is 0 Å². The van der Waals surface area contributed by atoms with E-state index in [1.807, 2.05) is 4.90 Å². The van der Waals surface area contributed by atoms with Crippen LogP contribution < -0.4 is 9.47 Å². The molecule has 5 nitrogen and oxygen atoms in total. The molecule has 0 bridgehead atoms. The van der Waals surface area contributed by atoms with Gasteiger partial charge in [0.1, 0.15) is 0 Å². The molecule has 0 saturated carbocycles. The molecule has 1 fully saturated rings. The van der Waals surface area contributed by atoms with Crippen LogP contribution in [0.2, 0.25) is 5.02 Å². The number of fused-ring (bicyclic) bond motifs is 1. The highest BCUT2D eigenvalue weighted by atomic mass is 35.5. The molecular weight excluding hydrogens is 316 g/mol. The van der Waals surface area contributed by atoms with Crippen molar-refractivity contribution in [3.63, 3.8) is 0 Å². The molecule has 1 aromatic carbocycles. The lowest BCUT2D eigenvalue weighted by molar-refractivity contribution is 0.0749. The first-order valence-electron chi connectivity index (χ1n) is 8.00. The summed E-state index contributed by atoms with van der Waals surface area (Å²) in [7, 11) is 0. The molecule has 23 heavy (non-hydrogen) atoms. The second-order valence-corrected chi connectivity index (χ2v) is 7.40. The first-order chi connectivity index (χ1) is 10.9. The largest absolute Gasteiger partial charge is 0.454 e. The number of carbonyl (C=O) groups excluding carboxylic acids is 1. The van der Waals surface area contributed by atoms with Gasteiger partial charge in [-0.25, -0.2) is 0 Å². The van der Waals surface area contributed by atoms with Crippen molar-refractivity contribution in [1.82, 2.24) is 9.80 Å². The third-order valence-corrected chi connectivity index (χ3v) is 4.69. The first kappa shape index (κ1) is 16.4. The summed E-state index contributed by atoms with van der Waals surface area (Å²) in [6.45, 7) is 10.2. The van der Waals surface area contributed by atoms with Gasteiger partial charge in [0.05, 0.1) is 5.02 Å². The molecule has 1 amide bonds. The molecule has 0 aliphatic carbocycles. The minimum atomic E-state index is 0.000888. The smallest absolute Gasteiger partial charge is 0.254 e. The van der Waals surface area contributed by atoms with E-state index in [1.165, 1.54) is 0 Å². The number of halogens is 1. The number of ether oxygens (including phenoxy) is 2. The lowest BCUT2D eigenvalue weighted by Crippen LogP contribution is -2.44. The maximum absolute atomic E-state index is 12.8. The zero-order valence-electron chi connectivity index (χ0n) is 13.9. The summed E-state index contributed by atoms with van der Waals surface area (Å²) >= 11 is 6.19. The van der Waals surface area contributed by atoms with Crippen molar-refractivity contribution >= 4 is 17.5 Å². The predicted molar refractivity (Wildman–Crippen MR) is 89.4 cm³/mol. The van der Waals surface area contributed by atoms with E-state index in [0.717, 1.165) is 32.6 Å². The van der Waals surface area contributed by atoms with Crippen molar-refractivity contribution in [2.45, 2.75) is 32.7 Å². The topological polar surface area (TPSA) is 42.0 Å². The summed E-state index contributed by atoms with van der Waals surface area (Å²) in [6.07, 6.45) is 0.974. The highest BCUT2D eigenvalue weighted by Gasteiger charge is 2.27. The van der Waals surface area contributed by atoms with Gasteiger partial charge >= 0.3 is 0 Å². The van der Waals surface area contributed by atoms with Gasteiger partial charge in [0.2, 0.25) is 6.79 Å². The molecule has 0 N–H and O–H groups in total. The molecule has 2 heterocycles. The van der Waals surface area contributed by atoms with E-state index in [-0.39, 0.29) is 18.2 Å². The maximum Gasteiger partial charge on any atom is 0.254 e. The van der Waals surface area contributed by atoms with Crippen molar-refractivity contribution in [3.8, 4) is 11.5 Å². The van der Waals surface area contributed by atoms with E-state index in [9.17, 15) is 4.79 Å². The van der Waals surface area contributed by atoms with Gasteiger partial charge in [-0.2, -0.15) is 0 Å². The second-order valence-electron chi connectivity index (χ2n) is 7.00. The van der Waals surface area contributed by atoms with Crippen molar-refractivity contribution in [2.75, 3.05) is 33.0 Å². The fourth-order valence-corrected chi connectivity index (χ4v) is 3.33. The Balaban J connectivity index is 1.75. The van der Waals surface area contributed by atoms with Crippen LogP contribution in [0.4, 0.5) is 0 Å². The Morgan fingerprint density at radius 2 is 1.91 bits per heavy atom. The zero-order valence-corrected chi connectivity index (χ0v) is 14.7. The monoisotopic (exact) mass is 338 g/mol. The molecule has 0 aromatic heterocycles. The maximum atomic E-state index is 12.8. The molecule has 1 aromatic rings. The Labute approximate surface area is 142 Å². The molecular formula is C17H23ClN2O3. The number of carbonyl (C=O) groups is 1. The predicted octanol–water partition coefficient (Wildman–Crippen LogP) is 3.02. The molecule has 0 radical (unpaired) electrons. The van der Waals surface area contributed by atoms with Gasteiger partial charge in [-0.1, -0.05) is 11.6 Å². The second kappa shape index (κ2) is 6.21. The van der Waals surface area contributed by atoms with Crippen LogP contribution in [0.25, 0.3) is 0 Å². The molecule has 126 valence electrons. The third kappa shape index (κ3) is 3.40. The number of rotatable bonds is 1. The number of hydrogen-bond donors (Lipinski definition) is 0. The Bertz CT molecular complexity index is 613. The van der Waals surface area contributed by atoms with E-state index in [1.54, 1.807) is 12.1 Å². The fourth-order valence-electron chi connectivity index (χ4n) is 3.06. The van der Waals surface area contributed by atoms with Gasteiger partial charge < -0.3 is 14.4 Å². The molecule has 3 rings (SSSR count). The first-order valence-corrected chi connectivity index (χ1v) is 8.37. The Hall–Kier alpha value is -1.46. The van der Waals surface area contributed by atoms with Gasteiger partial charge in [0.25, 0.3) is 5.91 Å². The Kier molecular flexibility index (Phi) is 4.43. The van der Waals surface area contributed by atoms with Crippen molar-refractivity contribution < 1.29 is 14.3 Å². The number of amides is 1. The van der Waals surface area contributed by atoms with Crippen molar-refractivity contribution in [2.24, 2.45) is 0 Å². The summed E-state index contributed by atoms with van der Waals surface area (Å²) in [6, 6.07) is 3.40. The lowest BCUT2D eigenvalue weighted by Gasteiger charge is -2.34. The van der Waals surface area contributed by atoms with Crippen LogP contribution in [0, 0.1) is 0 Å². The minimum Gasteiger partial charge on any atom is -0.454 e. The van der Waals surface area contributed by atoms with E-state index in [4.69, 9.17) is 21.1 Å². The van der Waals surface area contributed by atoms with Crippen LogP contribution in [0.1, 0.15) is 37.6 Å². The highest BCUT2D eigenvalue weighted by Crippen LogP contribution is 2.40. The van der Waals surface area contributed by atoms with Crippen molar-refractivity contribution in [3.05, 3.63) is 22.7 Å². The average molecular weight is 339 g/mol. The molecule has 2 aliphatic rings. The van der Waals surface area contributed by atoms with Gasteiger partial charge in [-0.3, -0.25) is 9.69 Å². The molecule has 0 atom stereocenters. The third-order valence-electron chi connectivity index (χ3n) is 4.41. The summed E-state index contributed by atoms with van der Waals surface area (Å²) in [5.41, 5.74) is 0.685. The minimum absolute atomic E-state index is 0.000888. The average Bonchev–Trinajstić information content (AvgIpc) is 2.81. The zero-order chi connectivity index (χ0) is 16.6. The summed E-state index contributed by atoms with van der Waals surface area (Å²) in [5.74, 6) is 1.07. The van der Waals surface area contributed by atoms with Crippen LogP contribution in [0.5, 0.6) is 11.5 Å². The SMILES string of the molecule is CC(C)(C)N1CCCN(C(=O)c2cc(Cl)c3c(c2)OCO3)CC1. The molecule has 6 heteroatoms. The normalized spacial score (nSPS) is 18.9. The van der Waals surface area contributed by atoms with Gasteiger partial charge in [0, 0.05) is 37.3 Å². The Morgan fingerprint density at radius 3 is 2.65 bits per heavy atom. The van der Waals surface area contributed by atoms with Gasteiger partial charge in [-0.15, -0.1) is 0 Å². The standard InChI is InChI=1S/C17H23ClN2O3/c1-17(2,3)20-6-4-5-19(7-8-20)16(21)12-9-13(18)15-14(10-12)22-11-23-15/h9-10H,4-8,11H2,1-3H3. The van der Waals surface area contributed by atoms with E-state index in [2.05, 4.69) is 25.7 Å². The van der Waals surface area contributed by atoms with Crippen LogP contribution in [-0.2, 0) is 0 Å². The summed E-state index contributed by atoms with van der Waals surface area (Å²) in [4.78, 5) is 17.1. The molecule has 0 spiro atoms. The molecule has 0 unspecified atom stereocenters. The van der Waals surface area contributed by atoms with Crippen LogP contribution in [0.15, 0.2) is 12.1 Å². The van der Waals surface area contributed by atoms with Gasteiger partial charge in [0.15, 0.2) is 11.5 Å². The Morgan fingerprint density at radius 1 is 1.13 bits per heavy atom. The fraction of sp³-hybridized carbons (Fsp3) is 0.588. The van der Waals surface area contributed by atoms with E-state index in [0.29, 0.717) is 22.1 Å². The van der Waals surface area contributed by atoms with Crippen LogP contribution in [-0.4, -0.2) is 54.2 Å². The highest BCUT2D eigenvalue weighted by molar-refractivity contribution is 6.32.